The Hall–Kier alpha value is -2.44. The molecule has 0 radical (unpaired) electrons. The number of halogens is 1. The number of amides is 1. The zero-order valence-electron chi connectivity index (χ0n) is 12.5. The lowest BCUT2D eigenvalue weighted by molar-refractivity contribution is -0.121. The number of carbonyl (C=O) groups excluding carboxylic acids is 1. The summed E-state index contributed by atoms with van der Waals surface area (Å²) in [5.74, 6) is -0.649. The molecule has 0 aliphatic carbocycles. The van der Waals surface area contributed by atoms with Crippen LogP contribution in [0.5, 0.6) is 0 Å². The summed E-state index contributed by atoms with van der Waals surface area (Å²) in [5, 5.41) is 6.41. The average Bonchev–Trinajstić information content (AvgIpc) is 2.80. The van der Waals surface area contributed by atoms with E-state index in [9.17, 15) is 14.0 Å². The summed E-state index contributed by atoms with van der Waals surface area (Å²) < 4.78 is 18.7. The molecule has 0 aliphatic rings. The van der Waals surface area contributed by atoms with Crippen LogP contribution in [-0.2, 0) is 17.8 Å². The van der Waals surface area contributed by atoms with Crippen molar-refractivity contribution in [2.24, 2.45) is 5.92 Å². The van der Waals surface area contributed by atoms with Crippen molar-refractivity contribution in [3.8, 4) is 0 Å². The van der Waals surface area contributed by atoms with Crippen molar-refractivity contribution < 1.29 is 13.7 Å². The van der Waals surface area contributed by atoms with Crippen LogP contribution in [0.2, 0.25) is 0 Å². The van der Waals surface area contributed by atoms with Crippen LogP contribution in [0, 0.1) is 11.7 Å². The zero-order valence-corrected chi connectivity index (χ0v) is 12.5. The average molecular weight is 307 g/mol. The minimum Gasteiger partial charge on any atom is -0.354 e. The summed E-state index contributed by atoms with van der Waals surface area (Å²) in [6.07, 6.45) is 0.281. The lowest BCUT2D eigenvalue weighted by Gasteiger charge is -2.08. The maximum atomic E-state index is 12.9. The highest BCUT2D eigenvalue weighted by atomic mass is 19.1. The fourth-order valence-corrected chi connectivity index (χ4v) is 1.88. The standard InChI is InChI=1S/C15H18FN3O3/c1-10(2)8-17-14(20)9-19-13(18-22-15(19)21)7-11-3-5-12(16)6-4-11/h3-6,10H,7-9H2,1-2H3,(H,17,20). The third kappa shape index (κ3) is 4.28. The number of nitrogens with one attached hydrogen (secondary N) is 1. The third-order valence-electron chi connectivity index (χ3n) is 3.05. The predicted octanol–water partition coefficient (Wildman–Crippen LogP) is 1.34. The molecule has 6 nitrogen and oxygen atoms in total. The molecular formula is C15H18FN3O3. The Morgan fingerprint density at radius 3 is 2.68 bits per heavy atom. The van der Waals surface area contributed by atoms with Gasteiger partial charge < -0.3 is 5.32 Å². The molecule has 0 saturated heterocycles. The molecule has 0 atom stereocenters. The van der Waals surface area contributed by atoms with Crippen molar-refractivity contribution in [1.29, 1.82) is 0 Å². The zero-order chi connectivity index (χ0) is 16.1. The van der Waals surface area contributed by atoms with Crippen LogP contribution < -0.4 is 11.1 Å². The van der Waals surface area contributed by atoms with Gasteiger partial charge in [0.2, 0.25) is 5.91 Å². The highest BCUT2D eigenvalue weighted by Crippen LogP contribution is 2.08. The quantitative estimate of drug-likeness (QED) is 0.873. The molecule has 1 amide bonds. The van der Waals surface area contributed by atoms with Gasteiger partial charge >= 0.3 is 5.76 Å². The topological polar surface area (TPSA) is 77.1 Å². The van der Waals surface area contributed by atoms with Crippen molar-refractivity contribution in [1.82, 2.24) is 15.0 Å². The first-order valence-electron chi connectivity index (χ1n) is 7.02. The Balaban J connectivity index is 2.09. The normalized spacial score (nSPS) is 10.9. The number of nitrogens with zero attached hydrogens (tertiary/aromatic N) is 2. The maximum Gasteiger partial charge on any atom is 0.442 e. The molecule has 0 bridgehead atoms. The number of hydrogen-bond donors (Lipinski definition) is 1. The molecule has 2 aromatic rings. The van der Waals surface area contributed by atoms with Crippen LogP contribution in [-0.4, -0.2) is 22.2 Å². The largest absolute Gasteiger partial charge is 0.442 e. The molecular weight excluding hydrogens is 289 g/mol. The van der Waals surface area contributed by atoms with Gasteiger partial charge in [0.1, 0.15) is 12.4 Å². The number of hydrogen-bond acceptors (Lipinski definition) is 4. The number of carbonyl (C=O) groups is 1. The molecule has 0 aliphatic heterocycles. The monoisotopic (exact) mass is 307 g/mol. The molecule has 1 aromatic heterocycles. The van der Waals surface area contributed by atoms with Gasteiger partial charge in [-0.15, -0.1) is 0 Å². The summed E-state index contributed by atoms with van der Waals surface area (Å²) in [5.41, 5.74) is 0.769. The predicted molar refractivity (Wildman–Crippen MR) is 77.8 cm³/mol. The first-order chi connectivity index (χ1) is 10.5. The van der Waals surface area contributed by atoms with Gasteiger partial charge in [-0.05, 0) is 23.6 Å². The molecule has 0 saturated carbocycles. The Bertz CT molecular complexity index is 689. The highest BCUT2D eigenvalue weighted by Gasteiger charge is 2.14. The van der Waals surface area contributed by atoms with E-state index in [2.05, 4.69) is 15.0 Å². The van der Waals surface area contributed by atoms with E-state index < -0.39 is 5.76 Å². The summed E-state index contributed by atoms with van der Waals surface area (Å²) in [6.45, 7) is 4.34. The van der Waals surface area contributed by atoms with E-state index >= 15 is 0 Å². The Morgan fingerprint density at radius 2 is 2.05 bits per heavy atom. The summed E-state index contributed by atoms with van der Waals surface area (Å²) in [4.78, 5) is 23.5. The third-order valence-corrected chi connectivity index (χ3v) is 3.05. The van der Waals surface area contributed by atoms with Crippen LogP contribution in [0.15, 0.2) is 33.6 Å². The van der Waals surface area contributed by atoms with Gasteiger partial charge in [-0.2, -0.15) is 0 Å². The Morgan fingerprint density at radius 1 is 1.36 bits per heavy atom. The van der Waals surface area contributed by atoms with Crippen LogP contribution in [0.4, 0.5) is 4.39 Å². The number of benzene rings is 1. The smallest absolute Gasteiger partial charge is 0.354 e. The minimum atomic E-state index is -0.684. The van der Waals surface area contributed by atoms with Crippen LogP contribution >= 0.6 is 0 Å². The summed E-state index contributed by atoms with van der Waals surface area (Å²) in [7, 11) is 0. The molecule has 0 unspecified atom stereocenters. The lowest BCUT2D eigenvalue weighted by atomic mass is 10.1. The molecule has 0 fully saturated rings. The number of aromatic nitrogens is 2. The van der Waals surface area contributed by atoms with Crippen LogP contribution in [0.25, 0.3) is 0 Å². The Kier molecular flexibility index (Phi) is 5.08. The van der Waals surface area contributed by atoms with E-state index in [1.165, 1.54) is 16.7 Å². The van der Waals surface area contributed by atoms with Gasteiger partial charge in [0.25, 0.3) is 0 Å². The molecule has 118 valence electrons. The van der Waals surface area contributed by atoms with Crippen LogP contribution in [0.1, 0.15) is 25.2 Å². The van der Waals surface area contributed by atoms with Gasteiger partial charge in [0.15, 0.2) is 5.82 Å². The van der Waals surface area contributed by atoms with Gasteiger partial charge in [-0.25, -0.2) is 9.18 Å². The maximum absolute atomic E-state index is 12.9. The highest BCUT2D eigenvalue weighted by molar-refractivity contribution is 5.75. The molecule has 0 spiro atoms. The van der Waals surface area contributed by atoms with Crippen molar-refractivity contribution in [2.75, 3.05) is 6.54 Å². The summed E-state index contributed by atoms with van der Waals surface area (Å²) >= 11 is 0. The number of rotatable bonds is 6. The second-order valence-corrected chi connectivity index (χ2v) is 5.45. The Labute approximate surface area is 126 Å². The van der Waals surface area contributed by atoms with Gasteiger partial charge in [0.05, 0.1) is 0 Å². The van der Waals surface area contributed by atoms with Crippen molar-refractivity contribution in [3.63, 3.8) is 0 Å². The van der Waals surface area contributed by atoms with Crippen molar-refractivity contribution >= 4 is 5.91 Å². The summed E-state index contributed by atoms with van der Waals surface area (Å²) in [6, 6.07) is 5.84. The second-order valence-electron chi connectivity index (χ2n) is 5.45. The first-order valence-corrected chi connectivity index (χ1v) is 7.02. The fraction of sp³-hybridized carbons (Fsp3) is 0.400. The SMILES string of the molecule is CC(C)CNC(=O)Cn1c(Cc2ccc(F)cc2)noc1=O. The van der Waals surface area contributed by atoms with E-state index in [0.29, 0.717) is 18.3 Å². The second kappa shape index (κ2) is 7.02. The van der Waals surface area contributed by atoms with Crippen molar-refractivity contribution in [3.05, 3.63) is 52.0 Å². The van der Waals surface area contributed by atoms with Crippen LogP contribution in [0.3, 0.4) is 0 Å². The molecule has 1 heterocycles. The molecule has 1 N–H and O–H groups in total. The van der Waals surface area contributed by atoms with E-state index in [1.54, 1.807) is 12.1 Å². The van der Waals surface area contributed by atoms with Gasteiger partial charge in [0, 0.05) is 13.0 Å². The molecule has 2 rings (SSSR count). The minimum absolute atomic E-state index is 0.147. The van der Waals surface area contributed by atoms with E-state index in [1.807, 2.05) is 13.8 Å². The van der Waals surface area contributed by atoms with E-state index in [-0.39, 0.29) is 24.7 Å². The lowest BCUT2D eigenvalue weighted by Crippen LogP contribution is -2.33. The molecule has 22 heavy (non-hydrogen) atoms. The van der Waals surface area contributed by atoms with Gasteiger partial charge in [-0.1, -0.05) is 31.1 Å². The van der Waals surface area contributed by atoms with E-state index in [0.717, 1.165) is 5.56 Å². The van der Waals surface area contributed by atoms with Crippen molar-refractivity contribution in [2.45, 2.75) is 26.8 Å². The fourth-order valence-electron chi connectivity index (χ4n) is 1.88. The van der Waals surface area contributed by atoms with Gasteiger partial charge in [-0.3, -0.25) is 13.9 Å². The molecule has 1 aromatic carbocycles. The first kappa shape index (κ1) is 15.9. The van der Waals surface area contributed by atoms with E-state index in [4.69, 9.17) is 0 Å². The molecule has 7 heteroatoms.